The van der Waals surface area contributed by atoms with Crippen molar-refractivity contribution in [1.82, 2.24) is 9.13 Å². The first-order chi connectivity index (χ1) is 12.7. The minimum Gasteiger partial charge on any atom is -0.482 e. The third-order valence-corrected chi connectivity index (χ3v) is 4.38. The third kappa shape index (κ3) is 4.11. The van der Waals surface area contributed by atoms with Crippen molar-refractivity contribution in [2.45, 2.75) is 25.9 Å². The van der Waals surface area contributed by atoms with E-state index < -0.39 is 0 Å². The average molecular weight is 350 g/mol. The molecule has 3 rings (SSSR count). The third-order valence-electron chi connectivity index (χ3n) is 4.38. The van der Waals surface area contributed by atoms with Crippen molar-refractivity contribution < 1.29 is 4.74 Å². The molecule has 0 aliphatic heterocycles. The number of aromatic nitrogens is 2. The van der Waals surface area contributed by atoms with E-state index in [9.17, 15) is 9.59 Å². The summed E-state index contributed by atoms with van der Waals surface area (Å²) in [7, 11) is 1.47. The van der Waals surface area contributed by atoms with Gasteiger partial charge in [0.05, 0.1) is 13.2 Å². The number of aryl methyl sites for hydroxylation is 2. The van der Waals surface area contributed by atoms with Crippen LogP contribution in [0.15, 0.2) is 76.3 Å². The smallest absolute Gasteiger partial charge is 0.333 e. The van der Waals surface area contributed by atoms with Crippen molar-refractivity contribution in [2.24, 2.45) is 0 Å². The van der Waals surface area contributed by atoms with Crippen LogP contribution in [0, 0.1) is 0 Å². The molecule has 0 aliphatic rings. The van der Waals surface area contributed by atoms with Gasteiger partial charge in [-0.2, -0.15) is 0 Å². The normalized spacial score (nSPS) is 10.7. The Kier molecular flexibility index (Phi) is 5.69. The van der Waals surface area contributed by atoms with Gasteiger partial charge in [0.25, 0.3) is 5.56 Å². The number of hydrogen-bond donors (Lipinski definition) is 0. The van der Waals surface area contributed by atoms with E-state index in [0.29, 0.717) is 31.8 Å². The zero-order chi connectivity index (χ0) is 18.4. The van der Waals surface area contributed by atoms with Crippen LogP contribution >= 0.6 is 0 Å². The van der Waals surface area contributed by atoms with E-state index in [4.69, 9.17) is 4.74 Å². The monoisotopic (exact) mass is 350 g/mol. The zero-order valence-corrected chi connectivity index (χ0v) is 14.8. The van der Waals surface area contributed by atoms with Crippen LogP contribution in [-0.2, 0) is 25.9 Å². The van der Waals surface area contributed by atoms with E-state index in [2.05, 4.69) is 0 Å². The lowest BCUT2D eigenvalue weighted by molar-refractivity contribution is 0.353. The van der Waals surface area contributed by atoms with Crippen molar-refractivity contribution in [1.29, 1.82) is 0 Å². The van der Waals surface area contributed by atoms with Crippen molar-refractivity contribution >= 4 is 0 Å². The highest BCUT2D eigenvalue weighted by atomic mass is 16.5. The average Bonchev–Trinajstić information content (AvgIpc) is 2.68. The summed E-state index contributed by atoms with van der Waals surface area (Å²) in [6.45, 7) is 0.800. The van der Waals surface area contributed by atoms with Crippen LogP contribution in [0.2, 0.25) is 0 Å². The molecule has 0 saturated heterocycles. The van der Waals surface area contributed by atoms with E-state index >= 15 is 0 Å². The van der Waals surface area contributed by atoms with Gasteiger partial charge in [-0.15, -0.1) is 0 Å². The molecule has 1 aromatic heterocycles. The summed E-state index contributed by atoms with van der Waals surface area (Å²) in [5.41, 5.74) is 1.55. The Morgan fingerprint density at radius 1 is 0.769 bits per heavy atom. The van der Waals surface area contributed by atoms with Crippen LogP contribution in [0.3, 0.4) is 0 Å². The molecule has 3 aromatic rings. The molecule has 0 amide bonds. The topological polar surface area (TPSA) is 53.2 Å². The van der Waals surface area contributed by atoms with Gasteiger partial charge in [-0.1, -0.05) is 60.7 Å². The van der Waals surface area contributed by atoms with E-state index in [1.807, 2.05) is 60.7 Å². The molecule has 5 nitrogen and oxygen atoms in total. The molecule has 0 spiro atoms. The maximum absolute atomic E-state index is 12.9. The Morgan fingerprint density at radius 3 is 1.77 bits per heavy atom. The fraction of sp³-hybridized carbons (Fsp3) is 0.238. The quantitative estimate of drug-likeness (QED) is 0.658. The number of benzene rings is 2. The molecule has 134 valence electrons. The molecule has 0 unspecified atom stereocenters. The molecule has 5 heteroatoms. The number of methoxy groups -OCH3 is 1. The Morgan fingerprint density at radius 2 is 1.27 bits per heavy atom. The minimum atomic E-state index is -0.334. The SMILES string of the molecule is COc1cc(=O)n(CCc2ccccc2)c(=O)n1CCc1ccccc1. The molecule has 26 heavy (non-hydrogen) atoms. The largest absolute Gasteiger partial charge is 0.482 e. The molecular weight excluding hydrogens is 328 g/mol. The summed E-state index contributed by atoms with van der Waals surface area (Å²) in [5, 5.41) is 0. The number of rotatable bonds is 7. The Bertz CT molecular complexity index is 960. The van der Waals surface area contributed by atoms with Crippen molar-refractivity contribution in [3.05, 3.63) is 98.7 Å². The summed E-state index contributed by atoms with van der Waals surface area (Å²) in [6.07, 6.45) is 1.31. The van der Waals surface area contributed by atoms with Crippen LogP contribution < -0.4 is 16.0 Å². The zero-order valence-electron chi connectivity index (χ0n) is 14.8. The van der Waals surface area contributed by atoms with Crippen molar-refractivity contribution in [3.63, 3.8) is 0 Å². The highest BCUT2D eigenvalue weighted by molar-refractivity contribution is 5.17. The minimum absolute atomic E-state index is 0.298. The van der Waals surface area contributed by atoms with Gasteiger partial charge in [0.15, 0.2) is 0 Å². The van der Waals surface area contributed by atoms with Crippen LogP contribution in [0.5, 0.6) is 5.88 Å². The highest BCUT2D eigenvalue weighted by Crippen LogP contribution is 2.08. The lowest BCUT2D eigenvalue weighted by Crippen LogP contribution is -2.40. The summed E-state index contributed by atoms with van der Waals surface area (Å²) in [6, 6.07) is 21.1. The first-order valence-corrected chi connectivity index (χ1v) is 8.65. The number of hydrogen-bond acceptors (Lipinski definition) is 3. The fourth-order valence-corrected chi connectivity index (χ4v) is 2.95. The maximum atomic E-state index is 12.9. The van der Waals surface area contributed by atoms with Crippen molar-refractivity contribution in [3.8, 4) is 5.88 Å². The summed E-state index contributed by atoms with van der Waals surface area (Å²) < 4.78 is 8.07. The molecule has 0 saturated carbocycles. The van der Waals surface area contributed by atoms with Gasteiger partial charge in [0.2, 0.25) is 5.88 Å². The predicted molar refractivity (Wildman–Crippen MR) is 102 cm³/mol. The summed E-state index contributed by atoms with van der Waals surface area (Å²) in [4.78, 5) is 25.2. The lowest BCUT2D eigenvalue weighted by atomic mass is 10.1. The fourth-order valence-electron chi connectivity index (χ4n) is 2.95. The second kappa shape index (κ2) is 8.34. The van der Waals surface area contributed by atoms with Crippen LogP contribution in [0.1, 0.15) is 11.1 Å². The van der Waals surface area contributed by atoms with Crippen LogP contribution in [0.4, 0.5) is 0 Å². The predicted octanol–water partition coefficient (Wildman–Crippen LogP) is 2.50. The molecule has 0 N–H and O–H groups in total. The Hall–Kier alpha value is -3.08. The molecule has 0 radical (unpaired) electrons. The molecule has 0 atom stereocenters. The van der Waals surface area contributed by atoms with Gasteiger partial charge in [0.1, 0.15) is 0 Å². The van der Waals surface area contributed by atoms with E-state index in [1.54, 1.807) is 0 Å². The van der Waals surface area contributed by atoms with Crippen LogP contribution in [0.25, 0.3) is 0 Å². The first-order valence-electron chi connectivity index (χ1n) is 8.65. The summed E-state index contributed by atoms with van der Waals surface area (Å²) >= 11 is 0. The maximum Gasteiger partial charge on any atom is 0.333 e. The second-order valence-corrected chi connectivity index (χ2v) is 6.08. The first kappa shape index (κ1) is 17.7. The number of ether oxygens (including phenoxy) is 1. The van der Waals surface area contributed by atoms with Gasteiger partial charge in [-0.3, -0.25) is 13.9 Å². The summed E-state index contributed by atoms with van der Waals surface area (Å²) in [5.74, 6) is 0.298. The van der Waals surface area contributed by atoms with Crippen molar-refractivity contribution in [2.75, 3.05) is 7.11 Å². The van der Waals surface area contributed by atoms with Crippen LogP contribution in [-0.4, -0.2) is 16.2 Å². The van der Waals surface area contributed by atoms with Gasteiger partial charge in [0, 0.05) is 13.1 Å². The number of nitrogens with zero attached hydrogens (tertiary/aromatic N) is 2. The molecule has 0 bridgehead atoms. The van der Waals surface area contributed by atoms with Gasteiger partial charge in [-0.05, 0) is 24.0 Å². The van der Waals surface area contributed by atoms with Gasteiger partial charge in [-0.25, -0.2) is 4.79 Å². The molecular formula is C21H22N2O3. The standard InChI is InChI=1S/C21H22N2O3/c1-26-20-16-19(24)22(14-12-17-8-4-2-5-9-17)21(25)23(20)15-13-18-10-6-3-7-11-18/h2-11,16H,12-15H2,1H3. The van der Waals surface area contributed by atoms with Gasteiger partial charge >= 0.3 is 5.69 Å². The molecule has 0 fully saturated rings. The van der Waals surface area contributed by atoms with E-state index in [1.165, 1.54) is 22.3 Å². The second-order valence-electron chi connectivity index (χ2n) is 6.08. The Labute approximate surface area is 152 Å². The molecule has 1 heterocycles. The Balaban J connectivity index is 1.86. The highest BCUT2D eigenvalue weighted by Gasteiger charge is 2.12. The molecule has 2 aromatic carbocycles. The van der Waals surface area contributed by atoms with Gasteiger partial charge < -0.3 is 4.74 Å². The lowest BCUT2D eigenvalue weighted by Gasteiger charge is -2.14. The van der Waals surface area contributed by atoms with E-state index in [-0.39, 0.29) is 11.2 Å². The van der Waals surface area contributed by atoms with E-state index in [0.717, 1.165) is 11.1 Å². The molecule has 0 aliphatic carbocycles.